The van der Waals surface area contributed by atoms with Crippen LogP contribution in [0.1, 0.15) is 38.7 Å². The van der Waals surface area contributed by atoms with Crippen molar-refractivity contribution in [2.45, 2.75) is 46.2 Å². The Balaban J connectivity index is 1.86. The van der Waals surface area contributed by atoms with E-state index >= 15 is 0 Å². The van der Waals surface area contributed by atoms with Gasteiger partial charge in [-0.25, -0.2) is 0 Å². The Bertz CT molecular complexity index is 361. The lowest BCUT2D eigenvalue weighted by Crippen LogP contribution is -2.41. The second-order valence-electron chi connectivity index (χ2n) is 5.49. The molecule has 1 fully saturated rings. The zero-order chi connectivity index (χ0) is 13.0. The van der Waals surface area contributed by atoms with Crippen LogP contribution in [0, 0.1) is 5.41 Å². The summed E-state index contributed by atoms with van der Waals surface area (Å²) in [5, 5.41) is 13.8. The van der Waals surface area contributed by atoms with E-state index in [4.69, 9.17) is 0 Å². The molecule has 1 aliphatic heterocycles. The van der Waals surface area contributed by atoms with Gasteiger partial charge in [0.1, 0.15) is 0 Å². The first-order valence-corrected chi connectivity index (χ1v) is 7.06. The van der Waals surface area contributed by atoms with Crippen LogP contribution in [0.3, 0.4) is 0 Å². The van der Waals surface area contributed by atoms with E-state index < -0.39 is 0 Å². The predicted molar refractivity (Wildman–Crippen MR) is 72.2 cm³/mol. The summed E-state index contributed by atoms with van der Waals surface area (Å²) >= 11 is 0. The van der Waals surface area contributed by atoms with Crippen LogP contribution in [0.25, 0.3) is 0 Å². The number of hydrogen-bond donors (Lipinski definition) is 1. The molecule has 0 amide bonds. The maximum atomic E-state index is 9.52. The van der Waals surface area contributed by atoms with Crippen molar-refractivity contribution in [2.24, 2.45) is 5.41 Å². The quantitative estimate of drug-likeness (QED) is 0.869. The highest BCUT2D eigenvalue weighted by atomic mass is 16.3. The minimum Gasteiger partial charge on any atom is -0.396 e. The van der Waals surface area contributed by atoms with E-state index in [1.54, 1.807) is 0 Å². The van der Waals surface area contributed by atoms with Crippen LogP contribution >= 0.6 is 0 Å². The van der Waals surface area contributed by atoms with Crippen LogP contribution in [0.4, 0.5) is 0 Å². The number of likely N-dealkylation sites (tertiary alicyclic amines) is 1. The number of aliphatic hydroxyl groups is 1. The molecule has 0 bridgehead atoms. The summed E-state index contributed by atoms with van der Waals surface area (Å²) in [4.78, 5) is 2.47. The summed E-state index contributed by atoms with van der Waals surface area (Å²) < 4.78 is 1.98. The van der Waals surface area contributed by atoms with Gasteiger partial charge in [-0.05, 0) is 44.7 Å². The van der Waals surface area contributed by atoms with E-state index in [9.17, 15) is 5.11 Å². The molecule has 1 saturated heterocycles. The third kappa shape index (κ3) is 2.93. The molecule has 4 nitrogen and oxygen atoms in total. The second kappa shape index (κ2) is 5.85. The topological polar surface area (TPSA) is 41.3 Å². The zero-order valence-corrected chi connectivity index (χ0v) is 11.6. The van der Waals surface area contributed by atoms with Gasteiger partial charge in [0, 0.05) is 31.5 Å². The monoisotopic (exact) mass is 251 g/mol. The Morgan fingerprint density at radius 2 is 2.06 bits per heavy atom. The Labute approximate surface area is 110 Å². The molecule has 1 aliphatic rings. The number of rotatable bonds is 5. The highest BCUT2D eigenvalue weighted by molar-refractivity contribution is 5.04. The summed E-state index contributed by atoms with van der Waals surface area (Å²) in [5.74, 6) is 0. The third-order valence-corrected chi connectivity index (χ3v) is 4.42. The Morgan fingerprint density at radius 3 is 2.56 bits per heavy atom. The van der Waals surface area contributed by atoms with Gasteiger partial charge in [-0.3, -0.25) is 9.58 Å². The zero-order valence-electron chi connectivity index (χ0n) is 11.6. The summed E-state index contributed by atoms with van der Waals surface area (Å²) in [6.07, 6.45) is 7.42. The van der Waals surface area contributed by atoms with E-state index in [2.05, 4.69) is 30.0 Å². The van der Waals surface area contributed by atoms with Gasteiger partial charge in [0.2, 0.25) is 0 Å². The van der Waals surface area contributed by atoms with Crippen molar-refractivity contribution >= 4 is 0 Å². The van der Waals surface area contributed by atoms with Crippen LogP contribution in [0.5, 0.6) is 0 Å². The number of hydrogen-bond acceptors (Lipinski definition) is 3. The summed E-state index contributed by atoms with van der Waals surface area (Å²) in [6, 6.07) is 0. The fourth-order valence-electron chi connectivity index (χ4n) is 2.73. The molecule has 0 unspecified atom stereocenters. The van der Waals surface area contributed by atoms with Gasteiger partial charge in [0.15, 0.2) is 0 Å². The van der Waals surface area contributed by atoms with Crippen molar-refractivity contribution in [1.29, 1.82) is 0 Å². The summed E-state index contributed by atoms with van der Waals surface area (Å²) in [6.45, 7) is 8.74. The molecule has 1 N–H and O–H groups in total. The smallest absolute Gasteiger partial charge is 0.0534 e. The highest BCUT2D eigenvalue weighted by Gasteiger charge is 2.32. The van der Waals surface area contributed by atoms with Crippen LogP contribution in [-0.4, -0.2) is 39.5 Å². The van der Waals surface area contributed by atoms with Crippen LogP contribution < -0.4 is 0 Å². The minimum absolute atomic E-state index is 0.185. The van der Waals surface area contributed by atoms with Gasteiger partial charge in [-0.2, -0.15) is 5.10 Å². The van der Waals surface area contributed by atoms with Gasteiger partial charge < -0.3 is 5.11 Å². The van der Waals surface area contributed by atoms with Crippen molar-refractivity contribution in [3.63, 3.8) is 0 Å². The molecule has 102 valence electrons. The molecule has 1 aromatic heterocycles. The molecule has 0 radical (unpaired) electrons. The molecule has 0 spiro atoms. The standard InChI is InChI=1S/C14H25N3O/c1-3-14(12-18)5-7-16(8-6-14)10-13-9-15-17(4-2)11-13/h9,11,18H,3-8,10,12H2,1-2H3. The average molecular weight is 251 g/mol. The normalized spacial score (nSPS) is 20.2. The van der Waals surface area contributed by atoms with Gasteiger partial charge in [0.25, 0.3) is 0 Å². The Kier molecular flexibility index (Phi) is 4.40. The molecule has 2 rings (SSSR count). The lowest BCUT2D eigenvalue weighted by Gasteiger charge is -2.40. The molecule has 1 aromatic rings. The molecule has 0 aliphatic carbocycles. The first-order valence-electron chi connectivity index (χ1n) is 7.06. The lowest BCUT2D eigenvalue weighted by molar-refractivity contribution is 0.0382. The van der Waals surface area contributed by atoms with Crippen molar-refractivity contribution in [2.75, 3.05) is 19.7 Å². The molecular formula is C14H25N3O. The maximum absolute atomic E-state index is 9.52. The maximum Gasteiger partial charge on any atom is 0.0534 e. The molecule has 2 heterocycles. The largest absolute Gasteiger partial charge is 0.396 e. The number of aliphatic hydroxyl groups excluding tert-OH is 1. The second-order valence-corrected chi connectivity index (χ2v) is 5.49. The first-order chi connectivity index (χ1) is 8.71. The van der Waals surface area contributed by atoms with Crippen LogP contribution in [0.15, 0.2) is 12.4 Å². The van der Waals surface area contributed by atoms with Crippen LogP contribution in [-0.2, 0) is 13.1 Å². The number of piperidine rings is 1. The molecular weight excluding hydrogens is 226 g/mol. The summed E-state index contributed by atoms with van der Waals surface area (Å²) in [7, 11) is 0. The molecule has 0 atom stereocenters. The summed E-state index contributed by atoms with van der Waals surface area (Å²) in [5.41, 5.74) is 1.48. The Morgan fingerprint density at radius 1 is 1.33 bits per heavy atom. The first kappa shape index (κ1) is 13.6. The fraction of sp³-hybridized carbons (Fsp3) is 0.786. The Hall–Kier alpha value is -0.870. The van der Waals surface area contributed by atoms with E-state index in [1.165, 1.54) is 5.56 Å². The molecule has 0 aromatic carbocycles. The third-order valence-electron chi connectivity index (χ3n) is 4.42. The van der Waals surface area contributed by atoms with Crippen molar-refractivity contribution in [3.8, 4) is 0 Å². The fourth-order valence-corrected chi connectivity index (χ4v) is 2.73. The van der Waals surface area contributed by atoms with E-state index in [1.807, 2.05) is 10.9 Å². The minimum atomic E-state index is 0.185. The van der Waals surface area contributed by atoms with E-state index in [-0.39, 0.29) is 5.41 Å². The van der Waals surface area contributed by atoms with Crippen LogP contribution in [0.2, 0.25) is 0 Å². The SMILES string of the molecule is CCn1cc(CN2CCC(CC)(CO)CC2)cn1. The van der Waals surface area contributed by atoms with Gasteiger partial charge >= 0.3 is 0 Å². The number of aryl methyl sites for hydroxylation is 1. The average Bonchev–Trinajstić information content (AvgIpc) is 2.88. The number of aromatic nitrogens is 2. The van der Waals surface area contributed by atoms with Crippen molar-refractivity contribution in [3.05, 3.63) is 18.0 Å². The molecule has 0 saturated carbocycles. The van der Waals surface area contributed by atoms with Crippen molar-refractivity contribution < 1.29 is 5.11 Å². The van der Waals surface area contributed by atoms with E-state index in [0.717, 1.165) is 45.4 Å². The molecule has 18 heavy (non-hydrogen) atoms. The lowest BCUT2D eigenvalue weighted by atomic mass is 9.77. The molecule has 4 heteroatoms. The van der Waals surface area contributed by atoms with Gasteiger partial charge in [-0.1, -0.05) is 6.92 Å². The van der Waals surface area contributed by atoms with Crippen molar-refractivity contribution in [1.82, 2.24) is 14.7 Å². The van der Waals surface area contributed by atoms with Gasteiger partial charge in [0.05, 0.1) is 6.20 Å². The highest BCUT2D eigenvalue weighted by Crippen LogP contribution is 2.34. The van der Waals surface area contributed by atoms with E-state index in [0.29, 0.717) is 6.61 Å². The number of nitrogens with zero attached hydrogens (tertiary/aromatic N) is 3. The predicted octanol–water partition coefficient (Wildman–Crippen LogP) is 1.89. The van der Waals surface area contributed by atoms with Gasteiger partial charge in [-0.15, -0.1) is 0 Å².